The van der Waals surface area contributed by atoms with E-state index in [-0.39, 0.29) is 0 Å². The largest absolute Gasteiger partial charge is 0.494 e. The molecule has 0 saturated carbocycles. The van der Waals surface area contributed by atoms with Gasteiger partial charge in [-0.15, -0.1) is 0 Å². The lowest BCUT2D eigenvalue weighted by Gasteiger charge is -2.57. The predicted molar refractivity (Wildman–Crippen MR) is 140 cm³/mol. The summed E-state index contributed by atoms with van der Waals surface area (Å²) in [5.41, 5.74) is 3.36. The van der Waals surface area contributed by atoms with E-state index in [9.17, 15) is 8.76 Å². The first-order valence-electron chi connectivity index (χ1n) is 11.0. The standard InChI is InChI=1S/C23H26ClN7O3S/c1-30(35(32)33)19-6-4-3-5-17(19)27-21-16(24)10-26-22(29-21)28-18-8-7-15(9-20(18)34-2)31-13-23(14-31)11-25-12-23/h3-10,25H,11-14H2,1-2H3,(H,32,33)(H2,26,27,28,29). The first kappa shape index (κ1) is 23.6. The molecule has 4 N–H and O–H groups in total. The van der Waals surface area contributed by atoms with Crippen LogP contribution in [0.1, 0.15) is 0 Å². The van der Waals surface area contributed by atoms with Gasteiger partial charge in [0.1, 0.15) is 10.8 Å². The zero-order chi connectivity index (χ0) is 24.6. The number of aromatic nitrogens is 2. The molecule has 1 atom stereocenters. The Hall–Kier alpha value is -3.12. The molecule has 1 aromatic heterocycles. The Bertz CT molecular complexity index is 1270. The Morgan fingerprint density at radius 1 is 1.20 bits per heavy atom. The fourth-order valence-corrected chi connectivity index (χ4v) is 4.79. The van der Waals surface area contributed by atoms with E-state index in [1.807, 2.05) is 18.2 Å². The Kier molecular flexibility index (Phi) is 6.41. The second-order valence-electron chi connectivity index (χ2n) is 8.73. The number of para-hydroxylation sites is 2. The number of hydrogen-bond acceptors (Lipinski definition) is 8. The van der Waals surface area contributed by atoms with Crippen molar-refractivity contribution in [2.75, 3.05) is 60.2 Å². The van der Waals surface area contributed by atoms with Crippen molar-refractivity contribution in [1.82, 2.24) is 15.3 Å². The van der Waals surface area contributed by atoms with Crippen molar-refractivity contribution in [3.05, 3.63) is 53.7 Å². The number of anilines is 6. The van der Waals surface area contributed by atoms with Crippen molar-refractivity contribution in [2.24, 2.45) is 5.41 Å². The first-order valence-corrected chi connectivity index (χ1v) is 12.5. The van der Waals surface area contributed by atoms with Gasteiger partial charge in [-0.25, -0.2) is 9.19 Å². The number of rotatable bonds is 8. The SMILES string of the molecule is COc1cc(N2CC3(CNC3)C2)ccc1Nc1ncc(Cl)c(Nc2ccccc2N(C)S(=O)O)n1. The van der Waals surface area contributed by atoms with Crippen LogP contribution in [0.15, 0.2) is 48.7 Å². The summed E-state index contributed by atoms with van der Waals surface area (Å²) in [5.74, 6) is 1.35. The lowest BCUT2D eigenvalue weighted by atomic mass is 9.74. The quantitative estimate of drug-likeness (QED) is 0.334. The number of halogens is 1. The Morgan fingerprint density at radius 3 is 2.66 bits per heavy atom. The third-order valence-electron chi connectivity index (χ3n) is 6.32. The highest BCUT2D eigenvalue weighted by Crippen LogP contribution is 2.40. The molecule has 2 aliphatic rings. The van der Waals surface area contributed by atoms with Gasteiger partial charge in [0.05, 0.1) is 30.4 Å². The van der Waals surface area contributed by atoms with Gasteiger partial charge in [-0.1, -0.05) is 23.7 Å². The fourth-order valence-electron chi connectivity index (χ4n) is 4.33. The van der Waals surface area contributed by atoms with Gasteiger partial charge < -0.3 is 25.6 Å². The predicted octanol–water partition coefficient (Wildman–Crippen LogP) is 3.61. The average molecular weight is 516 g/mol. The summed E-state index contributed by atoms with van der Waals surface area (Å²) in [6, 6.07) is 13.1. The van der Waals surface area contributed by atoms with Gasteiger partial charge in [0, 0.05) is 50.4 Å². The molecule has 184 valence electrons. The molecule has 2 aliphatic heterocycles. The summed E-state index contributed by atoms with van der Waals surface area (Å²) in [6.07, 6.45) is 1.49. The van der Waals surface area contributed by atoms with Crippen LogP contribution >= 0.6 is 11.6 Å². The summed E-state index contributed by atoms with van der Waals surface area (Å²) >= 11 is 4.17. The maximum absolute atomic E-state index is 11.6. The van der Waals surface area contributed by atoms with Gasteiger partial charge in [-0.3, -0.25) is 8.86 Å². The molecule has 3 heterocycles. The van der Waals surface area contributed by atoms with Crippen LogP contribution in [0.25, 0.3) is 0 Å². The molecule has 12 heteroatoms. The van der Waals surface area contributed by atoms with Crippen LogP contribution in [0.5, 0.6) is 5.75 Å². The molecule has 0 bridgehead atoms. The van der Waals surface area contributed by atoms with E-state index < -0.39 is 11.3 Å². The Morgan fingerprint density at radius 2 is 1.97 bits per heavy atom. The van der Waals surface area contributed by atoms with Gasteiger partial charge >= 0.3 is 0 Å². The van der Waals surface area contributed by atoms with Crippen LogP contribution < -0.4 is 29.9 Å². The fraction of sp³-hybridized carbons (Fsp3) is 0.304. The molecule has 0 aliphatic carbocycles. The average Bonchev–Trinajstić information content (AvgIpc) is 2.80. The van der Waals surface area contributed by atoms with Crippen molar-refractivity contribution >= 4 is 57.4 Å². The number of methoxy groups -OCH3 is 1. The number of nitrogens with one attached hydrogen (secondary N) is 3. The van der Waals surface area contributed by atoms with E-state index in [1.54, 1.807) is 25.3 Å². The second kappa shape index (κ2) is 9.50. The first-order chi connectivity index (χ1) is 16.9. The van der Waals surface area contributed by atoms with Crippen molar-refractivity contribution in [3.8, 4) is 5.75 Å². The highest BCUT2D eigenvalue weighted by molar-refractivity contribution is 7.80. The van der Waals surface area contributed by atoms with E-state index in [0.29, 0.717) is 39.3 Å². The molecular weight excluding hydrogens is 490 g/mol. The van der Waals surface area contributed by atoms with Gasteiger partial charge in [-0.2, -0.15) is 4.98 Å². The minimum Gasteiger partial charge on any atom is -0.494 e. The summed E-state index contributed by atoms with van der Waals surface area (Å²) in [5, 5.41) is 9.99. The van der Waals surface area contributed by atoms with Crippen molar-refractivity contribution in [2.45, 2.75) is 0 Å². The minimum atomic E-state index is -2.18. The number of ether oxygens (including phenoxy) is 1. The smallest absolute Gasteiger partial charge is 0.261 e. The third-order valence-corrected chi connectivity index (χ3v) is 7.27. The molecule has 5 rings (SSSR count). The third kappa shape index (κ3) is 4.72. The van der Waals surface area contributed by atoms with Crippen LogP contribution in [-0.2, 0) is 11.3 Å². The number of benzene rings is 2. The molecule has 2 aromatic carbocycles. The molecule has 0 radical (unpaired) electrons. The molecule has 1 unspecified atom stereocenters. The lowest BCUT2D eigenvalue weighted by molar-refractivity contribution is 0.121. The molecular formula is C23H26ClN7O3S. The van der Waals surface area contributed by atoms with E-state index in [2.05, 4.69) is 36.9 Å². The van der Waals surface area contributed by atoms with E-state index in [4.69, 9.17) is 16.3 Å². The zero-order valence-electron chi connectivity index (χ0n) is 19.3. The minimum absolute atomic E-state index is 0.303. The lowest BCUT2D eigenvalue weighted by Crippen LogP contribution is -2.71. The molecule has 3 aromatic rings. The van der Waals surface area contributed by atoms with Crippen LogP contribution in [0, 0.1) is 5.41 Å². The van der Waals surface area contributed by atoms with Crippen LogP contribution in [-0.4, -0.2) is 59.1 Å². The molecule has 10 nitrogen and oxygen atoms in total. The van der Waals surface area contributed by atoms with Gasteiger partial charge in [0.2, 0.25) is 5.95 Å². The van der Waals surface area contributed by atoms with Crippen LogP contribution in [0.2, 0.25) is 5.02 Å². The van der Waals surface area contributed by atoms with Gasteiger partial charge in [-0.05, 0) is 24.3 Å². The number of nitrogens with zero attached hydrogens (tertiary/aromatic N) is 4. The normalized spacial score (nSPS) is 16.7. The van der Waals surface area contributed by atoms with Crippen LogP contribution in [0.3, 0.4) is 0 Å². The Balaban J connectivity index is 1.35. The maximum atomic E-state index is 11.6. The topological polar surface area (TPSA) is 115 Å². The molecule has 2 fully saturated rings. The van der Waals surface area contributed by atoms with Crippen molar-refractivity contribution in [1.29, 1.82) is 0 Å². The highest BCUT2D eigenvalue weighted by Gasteiger charge is 2.47. The zero-order valence-corrected chi connectivity index (χ0v) is 20.9. The molecule has 1 spiro atoms. The van der Waals surface area contributed by atoms with E-state index in [0.717, 1.165) is 37.6 Å². The monoisotopic (exact) mass is 515 g/mol. The van der Waals surface area contributed by atoms with Gasteiger partial charge in [0.25, 0.3) is 11.3 Å². The van der Waals surface area contributed by atoms with Crippen molar-refractivity contribution in [3.63, 3.8) is 0 Å². The van der Waals surface area contributed by atoms with E-state index in [1.165, 1.54) is 17.5 Å². The summed E-state index contributed by atoms with van der Waals surface area (Å²) < 4.78 is 27.9. The van der Waals surface area contributed by atoms with Crippen LogP contribution in [0.4, 0.5) is 34.5 Å². The summed E-state index contributed by atoms with van der Waals surface area (Å²) in [4.78, 5) is 11.2. The summed E-state index contributed by atoms with van der Waals surface area (Å²) in [7, 11) is 3.15. The highest BCUT2D eigenvalue weighted by atomic mass is 35.5. The number of hydrogen-bond donors (Lipinski definition) is 4. The Labute approximate surface area is 211 Å². The summed E-state index contributed by atoms with van der Waals surface area (Å²) in [6.45, 7) is 4.27. The second-order valence-corrected chi connectivity index (χ2v) is 10.1. The maximum Gasteiger partial charge on any atom is 0.261 e. The van der Waals surface area contributed by atoms with Crippen molar-refractivity contribution < 1.29 is 13.5 Å². The molecule has 0 amide bonds. The van der Waals surface area contributed by atoms with E-state index >= 15 is 0 Å². The molecule has 2 saturated heterocycles. The molecule has 35 heavy (non-hydrogen) atoms. The van der Waals surface area contributed by atoms with Gasteiger partial charge in [0.15, 0.2) is 5.82 Å².